The van der Waals surface area contributed by atoms with Gasteiger partial charge in [0.1, 0.15) is 18.0 Å². The minimum Gasteiger partial charge on any atom is -0.404 e. The average Bonchev–Trinajstić information content (AvgIpc) is 2.63. The number of anilines is 1. The van der Waals surface area contributed by atoms with Crippen LogP contribution in [0.2, 0.25) is 0 Å². The summed E-state index contributed by atoms with van der Waals surface area (Å²) in [5.74, 6) is 1.79. The molecule has 2 heterocycles. The molecule has 0 saturated heterocycles. The van der Waals surface area contributed by atoms with Gasteiger partial charge in [-0.2, -0.15) is 9.97 Å². The van der Waals surface area contributed by atoms with Gasteiger partial charge in [0, 0.05) is 19.7 Å². The van der Waals surface area contributed by atoms with E-state index in [1.807, 2.05) is 6.92 Å². The third-order valence-electron chi connectivity index (χ3n) is 1.95. The van der Waals surface area contributed by atoms with Gasteiger partial charge in [0.25, 0.3) is 0 Å². The predicted molar refractivity (Wildman–Crippen MR) is 62.0 cm³/mol. The Balaban J connectivity index is 2.20. The summed E-state index contributed by atoms with van der Waals surface area (Å²) in [5, 5.41) is 7.12. The number of nitrogens with zero attached hydrogens (tertiary/aromatic N) is 5. The maximum Gasteiger partial charge on any atom is 0.342 e. The third kappa shape index (κ3) is 2.90. The number of nitrogens with one attached hydrogen (secondary N) is 1. The van der Waals surface area contributed by atoms with Gasteiger partial charge in [-0.15, -0.1) is 5.10 Å². The van der Waals surface area contributed by atoms with Crippen molar-refractivity contribution in [3.63, 3.8) is 0 Å². The number of ether oxygens (including phenoxy) is 1. The van der Waals surface area contributed by atoms with Crippen LogP contribution >= 0.6 is 0 Å². The molecule has 0 spiro atoms. The van der Waals surface area contributed by atoms with E-state index in [0.29, 0.717) is 11.7 Å². The second-order valence-corrected chi connectivity index (χ2v) is 3.47. The van der Waals surface area contributed by atoms with Crippen molar-refractivity contribution in [1.29, 1.82) is 0 Å². The van der Waals surface area contributed by atoms with Crippen LogP contribution in [0, 0.1) is 6.92 Å². The zero-order chi connectivity index (χ0) is 12.3. The number of hydrogen-bond acceptors (Lipinski definition) is 6. The van der Waals surface area contributed by atoms with E-state index >= 15 is 0 Å². The topological polar surface area (TPSA) is 77.8 Å². The van der Waals surface area contributed by atoms with E-state index in [-0.39, 0.29) is 6.01 Å². The van der Waals surface area contributed by atoms with Crippen LogP contribution in [-0.4, -0.2) is 31.3 Å². The van der Waals surface area contributed by atoms with Gasteiger partial charge in [-0.1, -0.05) is 0 Å². The fourth-order valence-electron chi connectivity index (χ4n) is 1.32. The second-order valence-electron chi connectivity index (χ2n) is 3.47. The lowest BCUT2D eigenvalue weighted by Crippen LogP contribution is -2.03. The monoisotopic (exact) mass is 234 g/mol. The van der Waals surface area contributed by atoms with Gasteiger partial charge in [0.05, 0.1) is 0 Å². The first-order valence-corrected chi connectivity index (χ1v) is 5.30. The Hall–Kier alpha value is -2.18. The SMILES string of the molecule is CCNc1cc(Oc2ncn(C)n2)nc(C)n1. The zero-order valence-corrected chi connectivity index (χ0v) is 10.0. The van der Waals surface area contributed by atoms with Gasteiger partial charge in [-0.05, 0) is 13.8 Å². The average molecular weight is 234 g/mol. The van der Waals surface area contributed by atoms with E-state index in [0.717, 1.165) is 12.4 Å². The molecule has 0 amide bonds. The number of aryl methyl sites for hydroxylation is 2. The summed E-state index contributed by atoms with van der Waals surface area (Å²) >= 11 is 0. The molecule has 0 unspecified atom stereocenters. The lowest BCUT2D eigenvalue weighted by molar-refractivity contribution is 0.420. The molecule has 7 heteroatoms. The molecular formula is C10H14N6O. The first kappa shape index (κ1) is 11.3. The summed E-state index contributed by atoms with van der Waals surface area (Å²) in [6.45, 7) is 4.59. The van der Waals surface area contributed by atoms with E-state index in [4.69, 9.17) is 4.74 Å². The van der Waals surface area contributed by atoms with E-state index < -0.39 is 0 Å². The molecule has 0 radical (unpaired) electrons. The Morgan fingerprint density at radius 1 is 1.41 bits per heavy atom. The molecule has 0 bridgehead atoms. The predicted octanol–water partition coefficient (Wildman–Crippen LogP) is 1.14. The molecule has 0 saturated carbocycles. The van der Waals surface area contributed by atoms with Gasteiger partial charge < -0.3 is 10.1 Å². The molecule has 2 rings (SSSR count). The zero-order valence-electron chi connectivity index (χ0n) is 10.0. The fourth-order valence-corrected chi connectivity index (χ4v) is 1.32. The second kappa shape index (κ2) is 4.77. The summed E-state index contributed by atoms with van der Waals surface area (Å²) in [4.78, 5) is 12.3. The highest BCUT2D eigenvalue weighted by Gasteiger charge is 2.06. The molecular weight excluding hydrogens is 220 g/mol. The standard InChI is InChI=1S/C10H14N6O/c1-4-11-8-5-9(14-7(2)13-8)17-10-12-6-16(3)15-10/h5-6H,4H2,1-3H3,(H,11,13,14). The summed E-state index contributed by atoms with van der Waals surface area (Å²) < 4.78 is 7.00. The summed E-state index contributed by atoms with van der Waals surface area (Å²) in [5.41, 5.74) is 0. The van der Waals surface area contributed by atoms with Crippen molar-refractivity contribution in [2.24, 2.45) is 7.05 Å². The molecule has 90 valence electrons. The van der Waals surface area contributed by atoms with Crippen molar-refractivity contribution in [2.75, 3.05) is 11.9 Å². The third-order valence-corrected chi connectivity index (χ3v) is 1.95. The van der Waals surface area contributed by atoms with Gasteiger partial charge in [-0.25, -0.2) is 4.98 Å². The molecule has 7 nitrogen and oxygen atoms in total. The summed E-state index contributed by atoms with van der Waals surface area (Å²) in [7, 11) is 1.77. The van der Waals surface area contributed by atoms with E-state index in [1.54, 1.807) is 31.0 Å². The van der Waals surface area contributed by atoms with Crippen LogP contribution in [-0.2, 0) is 7.05 Å². The van der Waals surface area contributed by atoms with E-state index in [9.17, 15) is 0 Å². The maximum atomic E-state index is 5.43. The largest absolute Gasteiger partial charge is 0.404 e. The molecule has 0 atom stereocenters. The minimum atomic E-state index is 0.271. The first-order chi connectivity index (χ1) is 8.17. The van der Waals surface area contributed by atoms with Gasteiger partial charge in [-0.3, -0.25) is 4.68 Å². The molecule has 0 aliphatic rings. The molecule has 0 aliphatic carbocycles. The molecule has 1 N–H and O–H groups in total. The normalized spacial score (nSPS) is 10.3. The maximum absolute atomic E-state index is 5.43. The van der Waals surface area contributed by atoms with Crippen molar-refractivity contribution in [3.05, 3.63) is 18.2 Å². The fraction of sp³-hybridized carbons (Fsp3) is 0.400. The van der Waals surface area contributed by atoms with E-state index in [1.165, 1.54) is 0 Å². The lowest BCUT2D eigenvalue weighted by Gasteiger charge is -2.05. The summed E-state index contributed by atoms with van der Waals surface area (Å²) in [6.07, 6.45) is 1.56. The van der Waals surface area contributed by atoms with Crippen LogP contribution in [0.15, 0.2) is 12.4 Å². The van der Waals surface area contributed by atoms with Crippen molar-refractivity contribution in [2.45, 2.75) is 13.8 Å². The Morgan fingerprint density at radius 3 is 2.88 bits per heavy atom. The Morgan fingerprint density at radius 2 is 2.24 bits per heavy atom. The van der Waals surface area contributed by atoms with Crippen LogP contribution in [0.4, 0.5) is 5.82 Å². The van der Waals surface area contributed by atoms with Gasteiger partial charge in [0.2, 0.25) is 5.88 Å². The molecule has 0 aliphatic heterocycles. The van der Waals surface area contributed by atoms with E-state index in [2.05, 4.69) is 25.4 Å². The van der Waals surface area contributed by atoms with Gasteiger partial charge in [0.15, 0.2) is 0 Å². The Kier molecular flexibility index (Phi) is 3.17. The minimum absolute atomic E-state index is 0.271. The Bertz CT molecular complexity index is 509. The Labute approximate surface area is 98.9 Å². The molecule has 2 aromatic rings. The number of rotatable bonds is 4. The van der Waals surface area contributed by atoms with Crippen LogP contribution in [0.25, 0.3) is 0 Å². The molecule has 0 fully saturated rings. The summed E-state index contributed by atoms with van der Waals surface area (Å²) in [6, 6.07) is 1.99. The number of hydrogen-bond donors (Lipinski definition) is 1. The van der Waals surface area contributed by atoms with Crippen LogP contribution < -0.4 is 10.1 Å². The van der Waals surface area contributed by atoms with Crippen molar-refractivity contribution >= 4 is 5.82 Å². The molecule has 17 heavy (non-hydrogen) atoms. The first-order valence-electron chi connectivity index (χ1n) is 5.30. The van der Waals surface area contributed by atoms with Crippen molar-refractivity contribution in [1.82, 2.24) is 24.7 Å². The highest BCUT2D eigenvalue weighted by atomic mass is 16.5. The molecule has 0 aromatic carbocycles. The van der Waals surface area contributed by atoms with Crippen LogP contribution in [0.5, 0.6) is 11.9 Å². The molecule has 2 aromatic heterocycles. The quantitative estimate of drug-likeness (QED) is 0.854. The van der Waals surface area contributed by atoms with Crippen molar-refractivity contribution < 1.29 is 4.74 Å². The highest BCUT2D eigenvalue weighted by Crippen LogP contribution is 2.17. The van der Waals surface area contributed by atoms with Gasteiger partial charge >= 0.3 is 6.01 Å². The smallest absolute Gasteiger partial charge is 0.342 e. The van der Waals surface area contributed by atoms with Crippen LogP contribution in [0.3, 0.4) is 0 Å². The van der Waals surface area contributed by atoms with Crippen LogP contribution in [0.1, 0.15) is 12.7 Å². The lowest BCUT2D eigenvalue weighted by atomic mass is 10.5. The van der Waals surface area contributed by atoms with Crippen molar-refractivity contribution in [3.8, 4) is 11.9 Å². The highest BCUT2D eigenvalue weighted by molar-refractivity contribution is 5.38. The number of aromatic nitrogens is 5.